The minimum Gasteiger partial charge on any atom is -0.480 e. The second-order valence-electron chi connectivity index (χ2n) is 6.75. The van der Waals surface area contributed by atoms with E-state index in [1.54, 1.807) is 30.3 Å². The Morgan fingerprint density at radius 2 is 2.00 bits per heavy atom. The molecule has 0 fully saturated rings. The molecule has 1 unspecified atom stereocenters. The highest BCUT2D eigenvalue weighted by Crippen LogP contribution is 2.25. The maximum atomic E-state index is 12.5. The van der Waals surface area contributed by atoms with Gasteiger partial charge in [-0.15, -0.1) is 0 Å². The number of carboxylic acid groups (broad SMARTS) is 1. The molecule has 2 N–H and O–H groups in total. The molecule has 1 amide bonds. The van der Waals surface area contributed by atoms with Gasteiger partial charge in [0.2, 0.25) is 0 Å². The summed E-state index contributed by atoms with van der Waals surface area (Å²) >= 11 is 13.8. The lowest BCUT2D eigenvalue weighted by Crippen LogP contribution is -2.42. The Kier molecular flexibility index (Phi) is 7.77. The molecule has 1 aliphatic rings. The third-order valence-corrected chi connectivity index (χ3v) is 6.31. The van der Waals surface area contributed by atoms with Crippen molar-refractivity contribution in [2.75, 3.05) is 19.3 Å². The highest BCUT2D eigenvalue weighted by atomic mass is 35.5. The Bertz CT molecular complexity index is 946. The van der Waals surface area contributed by atoms with Gasteiger partial charge in [-0.1, -0.05) is 53.4 Å². The molecule has 1 aromatic heterocycles. The molecule has 0 saturated heterocycles. The van der Waals surface area contributed by atoms with Gasteiger partial charge < -0.3 is 10.4 Å². The Morgan fingerprint density at radius 1 is 1.27 bits per heavy atom. The van der Waals surface area contributed by atoms with Crippen molar-refractivity contribution in [2.24, 2.45) is 0 Å². The summed E-state index contributed by atoms with van der Waals surface area (Å²) in [6.45, 7) is 1.86. The normalized spacial score (nSPS) is 15.4. The molecular formula is C21H21Cl2N3O3S. The third kappa shape index (κ3) is 5.55. The summed E-state index contributed by atoms with van der Waals surface area (Å²) in [5.74, 6) is -1.80. The second kappa shape index (κ2) is 10.3. The van der Waals surface area contributed by atoms with Crippen LogP contribution in [0.4, 0.5) is 0 Å². The highest BCUT2D eigenvalue weighted by Gasteiger charge is 2.24. The Balaban J connectivity index is 1.69. The van der Waals surface area contributed by atoms with Gasteiger partial charge >= 0.3 is 5.97 Å². The average Bonchev–Trinajstić information content (AvgIpc) is 2.73. The van der Waals surface area contributed by atoms with Crippen LogP contribution in [-0.2, 0) is 11.2 Å². The lowest BCUT2D eigenvalue weighted by atomic mass is 10.0. The lowest BCUT2D eigenvalue weighted by Gasteiger charge is -2.23. The van der Waals surface area contributed by atoms with Crippen LogP contribution in [-0.4, -0.2) is 51.7 Å². The number of amides is 1. The van der Waals surface area contributed by atoms with Crippen molar-refractivity contribution >= 4 is 52.6 Å². The zero-order valence-corrected chi connectivity index (χ0v) is 18.6. The quantitative estimate of drug-likeness (QED) is 0.596. The number of carboxylic acids is 1. The zero-order valence-electron chi connectivity index (χ0n) is 16.3. The van der Waals surface area contributed by atoms with Crippen LogP contribution in [0.1, 0.15) is 28.0 Å². The van der Waals surface area contributed by atoms with E-state index in [0.717, 1.165) is 25.1 Å². The molecular weight excluding hydrogens is 445 g/mol. The van der Waals surface area contributed by atoms with E-state index in [2.05, 4.69) is 26.9 Å². The minimum atomic E-state index is -1.16. The van der Waals surface area contributed by atoms with Crippen LogP contribution in [0.15, 0.2) is 42.6 Å². The molecule has 0 spiro atoms. The van der Waals surface area contributed by atoms with E-state index >= 15 is 0 Å². The van der Waals surface area contributed by atoms with Crippen LogP contribution in [0.2, 0.25) is 10.0 Å². The first-order valence-corrected chi connectivity index (χ1v) is 11.2. The molecule has 0 radical (unpaired) electrons. The maximum Gasteiger partial charge on any atom is 0.326 e. The van der Waals surface area contributed by atoms with Gasteiger partial charge in [-0.25, -0.2) is 9.10 Å². The van der Waals surface area contributed by atoms with Crippen molar-refractivity contribution in [2.45, 2.75) is 18.9 Å². The molecule has 2 aromatic rings. The molecule has 158 valence electrons. The first-order valence-electron chi connectivity index (χ1n) is 9.30. The SMILES string of the molecule is CSN1CC=C(c2ccc(CC(NC(=O)c3c(Cl)cccc3Cl)C(=O)O)nc2)CC1. The largest absolute Gasteiger partial charge is 0.480 e. The van der Waals surface area contributed by atoms with E-state index in [9.17, 15) is 14.7 Å². The van der Waals surface area contributed by atoms with Gasteiger partial charge in [0.25, 0.3) is 5.91 Å². The molecule has 30 heavy (non-hydrogen) atoms. The number of aromatic nitrogens is 1. The number of carbonyl (C=O) groups excluding carboxylic acids is 1. The molecule has 2 heterocycles. The van der Waals surface area contributed by atoms with Crippen LogP contribution in [0.5, 0.6) is 0 Å². The first kappa shape index (κ1) is 22.6. The van der Waals surface area contributed by atoms with Gasteiger partial charge in [-0.2, -0.15) is 0 Å². The van der Waals surface area contributed by atoms with Gasteiger partial charge in [0.1, 0.15) is 6.04 Å². The predicted octanol–water partition coefficient (Wildman–Crippen LogP) is 4.18. The van der Waals surface area contributed by atoms with Gasteiger partial charge in [-0.3, -0.25) is 9.78 Å². The van der Waals surface area contributed by atoms with Crippen molar-refractivity contribution in [3.63, 3.8) is 0 Å². The third-order valence-electron chi connectivity index (χ3n) is 4.83. The van der Waals surface area contributed by atoms with E-state index in [1.165, 1.54) is 17.7 Å². The van der Waals surface area contributed by atoms with E-state index in [4.69, 9.17) is 23.2 Å². The van der Waals surface area contributed by atoms with Gasteiger partial charge in [0.05, 0.1) is 15.6 Å². The fourth-order valence-electron chi connectivity index (χ4n) is 3.17. The Morgan fingerprint density at radius 3 is 2.53 bits per heavy atom. The summed E-state index contributed by atoms with van der Waals surface area (Å²) in [4.78, 5) is 28.6. The summed E-state index contributed by atoms with van der Waals surface area (Å²) in [7, 11) is 0. The predicted molar refractivity (Wildman–Crippen MR) is 121 cm³/mol. The van der Waals surface area contributed by atoms with E-state index in [1.807, 2.05) is 6.07 Å². The zero-order chi connectivity index (χ0) is 21.7. The topological polar surface area (TPSA) is 82.5 Å². The van der Waals surface area contributed by atoms with E-state index in [-0.39, 0.29) is 22.0 Å². The molecule has 6 nitrogen and oxygen atoms in total. The number of nitrogens with zero attached hydrogens (tertiary/aromatic N) is 2. The molecule has 1 atom stereocenters. The van der Waals surface area contributed by atoms with Crippen LogP contribution in [0.3, 0.4) is 0 Å². The second-order valence-corrected chi connectivity index (χ2v) is 8.45. The standard InChI is InChI=1S/C21H21Cl2N3O3S/c1-30-26-9-7-13(8-10-26)14-5-6-15(24-12-14)11-18(21(28)29)25-20(27)19-16(22)3-2-4-17(19)23/h2-7,12,18H,8-11H2,1H3,(H,25,27)(H,28,29). The summed E-state index contributed by atoms with van der Waals surface area (Å²) < 4.78 is 2.27. The molecule has 0 aliphatic carbocycles. The number of nitrogens with one attached hydrogen (secondary N) is 1. The van der Waals surface area contributed by atoms with Crippen molar-refractivity contribution in [1.29, 1.82) is 0 Å². The fourth-order valence-corrected chi connectivity index (χ4v) is 4.23. The number of rotatable bonds is 7. The Labute approximate surface area is 189 Å². The highest BCUT2D eigenvalue weighted by molar-refractivity contribution is 7.96. The first-order chi connectivity index (χ1) is 14.4. The number of hydrogen-bond acceptors (Lipinski definition) is 5. The van der Waals surface area contributed by atoms with E-state index < -0.39 is 17.9 Å². The summed E-state index contributed by atoms with van der Waals surface area (Å²) in [6, 6.07) is 7.23. The summed E-state index contributed by atoms with van der Waals surface area (Å²) in [5, 5.41) is 12.4. The Hall–Kier alpha value is -2.06. The summed E-state index contributed by atoms with van der Waals surface area (Å²) in [6.07, 6.45) is 6.98. The average molecular weight is 466 g/mol. The van der Waals surface area contributed by atoms with Crippen molar-refractivity contribution in [1.82, 2.24) is 14.6 Å². The molecule has 9 heteroatoms. The van der Waals surface area contributed by atoms with Gasteiger partial charge in [-0.05, 0) is 42.0 Å². The number of halogens is 2. The van der Waals surface area contributed by atoms with E-state index in [0.29, 0.717) is 5.69 Å². The smallest absolute Gasteiger partial charge is 0.326 e. The lowest BCUT2D eigenvalue weighted by molar-refractivity contribution is -0.139. The minimum absolute atomic E-state index is 0.0444. The molecule has 1 aromatic carbocycles. The van der Waals surface area contributed by atoms with Crippen molar-refractivity contribution in [3.05, 3.63) is 69.5 Å². The number of pyridine rings is 1. The fraction of sp³-hybridized carbons (Fsp3) is 0.286. The number of aliphatic carboxylic acids is 1. The molecule has 0 bridgehead atoms. The van der Waals surface area contributed by atoms with Crippen LogP contribution in [0, 0.1) is 0 Å². The monoisotopic (exact) mass is 465 g/mol. The summed E-state index contributed by atoms with van der Waals surface area (Å²) in [5.41, 5.74) is 2.88. The number of carbonyl (C=O) groups is 2. The van der Waals surface area contributed by atoms with Crippen molar-refractivity contribution in [3.8, 4) is 0 Å². The maximum absolute atomic E-state index is 12.5. The van der Waals surface area contributed by atoms with Crippen LogP contribution < -0.4 is 5.32 Å². The molecule has 3 rings (SSSR count). The molecule has 1 aliphatic heterocycles. The van der Waals surface area contributed by atoms with Gasteiger partial charge in [0, 0.05) is 31.4 Å². The number of benzene rings is 1. The van der Waals surface area contributed by atoms with Crippen LogP contribution >= 0.6 is 35.1 Å². The van der Waals surface area contributed by atoms with Crippen LogP contribution in [0.25, 0.3) is 5.57 Å². The number of hydrogen-bond donors (Lipinski definition) is 2. The van der Waals surface area contributed by atoms with Gasteiger partial charge in [0.15, 0.2) is 0 Å². The van der Waals surface area contributed by atoms with Crippen molar-refractivity contribution < 1.29 is 14.7 Å². The molecule has 0 saturated carbocycles.